The van der Waals surface area contributed by atoms with E-state index in [2.05, 4.69) is 0 Å². The van der Waals surface area contributed by atoms with Crippen molar-refractivity contribution in [2.45, 2.75) is 75.8 Å². The number of rotatable bonds is 5. The second kappa shape index (κ2) is 9.68. The number of phenolic OH excluding ortho intramolecular Hbond substituents is 2. The quantitative estimate of drug-likeness (QED) is 0.294. The van der Waals surface area contributed by atoms with E-state index in [1.165, 1.54) is 25.3 Å². The van der Waals surface area contributed by atoms with Crippen LogP contribution in [0, 0.1) is 0 Å². The molecule has 2 aromatic carbocycles. The van der Waals surface area contributed by atoms with Gasteiger partial charge in [0, 0.05) is 48.4 Å². The lowest BCUT2D eigenvalue weighted by Crippen LogP contribution is -2.52. The van der Waals surface area contributed by atoms with Gasteiger partial charge < -0.3 is 40.4 Å². The lowest BCUT2D eigenvalue weighted by Gasteiger charge is -2.42. The molecule has 3 aliphatic rings. The molecule has 0 radical (unpaired) electrons. The van der Waals surface area contributed by atoms with Crippen LogP contribution in [0.25, 0.3) is 0 Å². The Labute approximate surface area is 224 Å². The number of aliphatic hydroxyl groups is 2. The van der Waals surface area contributed by atoms with Crippen LogP contribution >= 0.6 is 0 Å². The molecule has 11 nitrogen and oxygen atoms in total. The third-order valence-corrected chi connectivity index (χ3v) is 7.98. The fraction of sp³-hybridized carbons (Fsp3) is 0.464. The molecule has 2 aromatic rings. The molecule has 0 bridgehead atoms. The number of ketones is 3. The third kappa shape index (κ3) is 4.12. The zero-order valence-electron chi connectivity index (χ0n) is 21.8. The molecule has 0 amide bonds. The lowest BCUT2D eigenvalue weighted by atomic mass is 9.71. The first-order valence-corrected chi connectivity index (χ1v) is 12.8. The Hall–Kier alpha value is -3.35. The fourth-order valence-electron chi connectivity index (χ4n) is 5.93. The minimum absolute atomic E-state index is 0.0119. The van der Waals surface area contributed by atoms with Gasteiger partial charge in [0.1, 0.15) is 22.8 Å². The number of aliphatic hydroxyl groups excluding tert-OH is 1. The van der Waals surface area contributed by atoms with E-state index >= 15 is 0 Å². The molecular weight excluding hydrogens is 510 g/mol. The van der Waals surface area contributed by atoms with Gasteiger partial charge in [-0.25, -0.2) is 0 Å². The van der Waals surface area contributed by atoms with Crippen molar-refractivity contribution in [2.24, 2.45) is 5.73 Å². The summed E-state index contributed by atoms with van der Waals surface area (Å²) in [6.07, 6.45) is -4.53. The van der Waals surface area contributed by atoms with E-state index in [1.807, 2.05) is 0 Å². The van der Waals surface area contributed by atoms with Crippen molar-refractivity contribution in [3.05, 3.63) is 51.6 Å². The second-order valence-corrected chi connectivity index (χ2v) is 10.4. The number of Topliss-reactive ketones (excluding diaryl/α,β-unsaturated/α-hetero) is 1. The maximum Gasteiger partial charge on any atom is 0.202 e. The summed E-state index contributed by atoms with van der Waals surface area (Å²) in [4.78, 5) is 40.1. The summed E-state index contributed by atoms with van der Waals surface area (Å²) in [6.45, 7) is 3.19. The van der Waals surface area contributed by atoms with E-state index < -0.39 is 82.6 Å². The monoisotopic (exact) mass is 541 g/mol. The number of benzene rings is 2. The van der Waals surface area contributed by atoms with Crippen LogP contribution in [0.5, 0.6) is 17.2 Å². The van der Waals surface area contributed by atoms with Crippen LogP contribution < -0.4 is 10.5 Å². The number of hydrogen-bond acceptors (Lipinski definition) is 11. The number of carbonyl (C=O) groups excluding carboxylic acids is 3. The molecule has 1 fully saturated rings. The van der Waals surface area contributed by atoms with Crippen LogP contribution in [0.3, 0.4) is 0 Å². The molecule has 11 heteroatoms. The summed E-state index contributed by atoms with van der Waals surface area (Å²) in [7, 11) is 1.34. The standard InChI is InChI=1S/C28H31NO10/c1-4-17(30)28(36)9-13-20(16(10-28)39-18-8-14(29)23(31)11(2)38-18)27(35)22-21(25(13)33)24(32)12-6-5-7-15(37-3)19(12)26(22)34/h5-7,11,14,16,18,23,31,33,35-36H,4,8-10,29H2,1-3H3/t11?,14?,16-,18?,23?,28-/m0/s1. The average Bonchev–Trinajstić information content (AvgIpc) is 2.90. The van der Waals surface area contributed by atoms with Crippen LogP contribution in [-0.4, -0.2) is 75.0 Å². The molecule has 0 saturated carbocycles. The van der Waals surface area contributed by atoms with Crippen molar-refractivity contribution in [1.29, 1.82) is 0 Å². The molecule has 2 aliphatic carbocycles. The predicted molar refractivity (Wildman–Crippen MR) is 135 cm³/mol. The Morgan fingerprint density at radius 2 is 1.85 bits per heavy atom. The highest BCUT2D eigenvalue weighted by atomic mass is 16.7. The Bertz CT molecular complexity index is 1380. The van der Waals surface area contributed by atoms with Gasteiger partial charge in [-0.2, -0.15) is 0 Å². The molecular formula is C28H31NO10. The SMILES string of the molecule is CCC(=O)[C@]1(O)Cc2c(O)c3c(c(O)c2[C@@H](OC2CC(N)C(O)C(C)O2)C1)C(=O)c1c(OC)cccc1C3=O. The molecule has 39 heavy (non-hydrogen) atoms. The van der Waals surface area contributed by atoms with Crippen LogP contribution in [0.4, 0.5) is 0 Å². The summed E-state index contributed by atoms with van der Waals surface area (Å²) < 4.78 is 17.1. The topological polar surface area (TPSA) is 186 Å². The summed E-state index contributed by atoms with van der Waals surface area (Å²) in [6, 6.07) is 3.76. The summed E-state index contributed by atoms with van der Waals surface area (Å²) in [5.41, 5.74) is 3.03. The van der Waals surface area contributed by atoms with E-state index in [0.717, 1.165) is 0 Å². The number of hydrogen-bond donors (Lipinski definition) is 5. The number of carbonyl (C=O) groups is 3. The van der Waals surface area contributed by atoms with Crippen LogP contribution in [0.2, 0.25) is 0 Å². The number of phenols is 2. The van der Waals surface area contributed by atoms with Gasteiger partial charge in [0.05, 0.1) is 42.1 Å². The zero-order valence-corrected chi connectivity index (χ0v) is 21.8. The number of methoxy groups -OCH3 is 1. The molecule has 0 aromatic heterocycles. The van der Waals surface area contributed by atoms with Gasteiger partial charge in [-0.3, -0.25) is 14.4 Å². The van der Waals surface area contributed by atoms with Crippen molar-refractivity contribution in [1.82, 2.24) is 0 Å². The van der Waals surface area contributed by atoms with E-state index in [9.17, 15) is 34.8 Å². The second-order valence-electron chi connectivity index (χ2n) is 10.4. The van der Waals surface area contributed by atoms with Crippen LogP contribution in [0.15, 0.2) is 18.2 Å². The number of nitrogens with two attached hydrogens (primary N) is 1. The highest BCUT2D eigenvalue weighted by Gasteiger charge is 2.49. The third-order valence-electron chi connectivity index (χ3n) is 7.98. The lowest BCUT2D eigenvalue weighted by molar-refractivity contribution is -0.247. The van der Waals surface area contributed by atoms with Crippen molar-refractivity contribution >= 4 is 17.3 Å². The largest absolute Gasteiger partial charge is 0.507 e. The van der Waals surface area contributed by atoms with E-state index in [0.29, 0.717) is 0 Å². The Morgan fingerprint density at radius 1 is 1.15 bits per heavy atom. The van der Waals surface area contributed by atoms with Crippen molar-refractivity contribution in [2.75, 3.05) is 7.11 Å². The molecule has 0 spiro atoms. The van der Waals surface area contributed by atoms with Gasteiger partial charge in [-0.05, 0) is 13.0 Å². The first-order chi connectivity index (χ1) is 18.4. The molecule has 208 valence electrons. The highest BCUT2D eigenvalue weighted by Crippen LogP contribution is 2.52. The first kappa shape index (κ1) is 27.2. The molecule has 1 aliphatic heterocycles. The van der Waals surface area contributed by atoms with Gasteiger partial charge in [0.25, 0.3) is 0 Å². The number of fused-ring (bicyclic) bond motifs is 3. The number of ether oxygens (including phenoxy) is 3. The molecule has 1 heterocycles. The van der Waals surface area contributed by atoms with E-state index in [-0.39, 0.29) is 47.3 Å². The Kier molecular flexibility index (Phi) is 6.76. The van der Waals surface area contributed by atoms with Gasteiger partial charge >= 0.3 is 0 Å². The zero-order chi connectivity index (χ0) is 28.4. The minimum Gasteiger partial charge on any atom is -0.507 e. The molecule has 6 N–H and O–H groups in total. The van der Waals surface area contributed by atoms with Gasteiger partial charge in [0.15, 0.2) is 17.9 Å². The maximum atomic E-state index is 13.7. The highest BCUT2D eigenvalue weighted by molar-refractivity contribution is 6.31. The van der Waals surface area contributed by atoms with E-state index in [4.69, 9.17) is 19.9 Å². The fourth-order valence-corrected chi connectivity index (χ4v) is 5.93. The summed E-state index contributed by atoms with van der Waals surface area (Å²) in [5, 5.41) is 44.5. The first-order valence-electron chi connectivity index (χ1n) is 12.8. The van der Waals surface area contributed by atoms with Crippen molar-refractivity contribution in [3.8, 4) is 17.2 Å². The molecule has 5 rings (SSSR count). The number of aromatic hydroxyl groups is 2. The Balaban J connectivity index is 1.69. The van der Waals surface area contributed by atoms with Crippen LogP contribution in [-0.2, 0) is 20.7 Å². The van der Waals surface area contributed by atoms with E-state index in [1.54, 1.807) is 13.8 Å². The van der Waals surface area contributed by atoms with Gasteiger partial charge in [-0.1, -0.05) is 19.1 Å². The summed E-state index contributed by atoms with van der Waals surface area (Å²) >= 11 is 0. The van der Waals surface area contributed by atoms with Gasteiger partial charge in [0.2, 0.25) is 5.78 Å². The van der Waals surface area contributed by atoms with Crippen LogP contribution in [0.1, 0.15) is 82.2 Å². The normalized spacial score (nSPS) is 29.8. The molecule has 4 unspecified atom stereocenters. The van der Waals surface area contributed by atoms with Crippen molar-refractivity contribution in [3.63, 3.8) is 0 Å². The Morgan fingerprint density at radius 3 is 2.49 bits per heavy atom. The predicted octanol–water partition coefficient (Wildman–Crippen LogP) is 1.42. The summed E-state index contributed by atoms with van der Waals surface area (Å²) in [5.74, 6) is -3.07. The van der Waals surface area contributed by atoms with Gasteiger partial charge in [-0.15, -0.1) is 0 Å². The molecule has 6 atom stereocenters. The smallest absolute Gasteiger partial charge is 0.202 e. The minimum atomic E-state index is -1.99. The average molecular weight is 542 g/mol. The molecule has 1 saturated heterocycles. The van der Waals surface area contributed by atoms with Crippen molar-refractivity contribution < 1.29 is 49.0 Å². The maximum absolute atomic E-state index is 13.7.